The van der Waals surface area contributed by atoms with Crippen LogP contribution in [0.15, 0.2) is 54.6 Å². The Labute approximate surface area is 165 Å². The van der Waals surface area contributed by atoms with Crippen LogP contribution in [0.5, 0.6) is 0 Å². The maximum Gasteiger partial charge on any atom is 0.309 e. The zero-order valence-corrected chi connectivity index (χ0v) is 16.1. The third-order valence-electron chi connectivity index (χ3n) is 5.58. The van der Waals surface area contributed by atoms with Crippen molar-refractivity contribution in [3.63, 3.8) is 0 Å². The summed E-state index contributed by atoms with van der Waals surface area (Å²) in [4.78, 5) is 25.8. The van der Waals surface area contributed by atoms with Gasteiger partial charge in [-0.2, -0.15) is 0 Å². The second-order valence-electron chi connectivity index (χ2n) is 7.32. The molecule has 0 radical (unpaired) electrons. The van der Waals surface area contributed by atoms with Crippen molar-refractivity contribution in [1.82, 2.24) is 4.90 Å². The molecule has 0 aromatic heterocycles. The van der Waals surface area contributed by atoms with Gasteiger partial charge in [-0.05, 0) is 43.8 Å². The molecule has 0 amide bonds. The third-order valence-corrected chi connectivity index (χ3v) is 5.58. The summed E-state index contributed by atoms with van der Waals surface area (Å²) in [5.74, 6) is -0.469. The number of carbonyl (C=O) groups is 1. The molecule has 1 unspecified atom stereocenters. The number of hydrogen-bond acceptors (Lipinski definition) is 5. The Bertz CT molecular complexity index is 801. The van der Waals surface area contributed by atoms with Gasteiger partial charge in [0.25, 0.3) is 5.69 Å². The standard InChI is InChI=1S/C22H26N2O4/c1-28-22(25)20(15-19-9-5-6-10-21(19)24(26)27)18-11-13-23(14-12-18)16-17-7-3-2-4-8-17/h2-10,18,20H,11-16H2,1H3. The van der Waals surface area contributed by atoms with Crippen LogP contribution in [0.1, 0.15) is 24.0 Å². The number of para-hydroxylation sites is 1. The molecule has 0 bridgehead atoms. The van der Waals surface area contributed by atoms with Crippen molar-refractivity contribution in [2.75, 3.05) is 20.2 Å². The second kappa shape index (κ2) is 9.46. The quantitative estimate of drug-likeness (QED) is 0.413. The molecule has 0 saturated carbocycles. The highest BCUT2D eigenvalue weighted by atomic mass is 16.6. The molecule has 0 spiro atoms. The highest BCUT2D eigenvalue weighted by molar-refractivity contribution is 5.73. The van der Waals surface area contributed by atoms with Gasteiger partial charge in [-0.1, -0.05) is 48.5 Å². The first kappa shape index (κ1) is 20.0. The van der Waals surface area contributed by atoms with Crippen LogP contribution in [0.4, 0.5) is 5.69 Å². The number of rotatable bonds is 7. The Hall–Kier alpha value is -2.73. The summed E-state index contributed by atoms with van der Waals surface area (Å²) in [6, 6.07) is 17.0. The number of benzene rings is 2. The zero-order chi connectivity index (χ0) is 19.9. The highest BCUT2D eigenvalue weighted by Gasteiger charge is 2.33. The lowest BCUT2D eigenvalue weighted by molar-refractivity contribution is -0.385. The van der Waals surface area contributed by atoms with Crippen LogP contribution in [-0.4, -0.2) is 36.0 Å². The topological polar surface area (TPSA) is 72.7 Å². The number of nitro benzene ring substituents is 1. The number of nitrogens with zero attached hydrogens (tertiary/aromatic N) is 2. The number of methoxy groups -OCH3 is 1. The van der Waals surface area contributed by atoms with Crippen LogP contribution in [0, 0.1) is 22.0 Å². The van der Waals surface area contributed by atoms with Crippen molar-refractivity contribution in [3.8, 4) is 0 Å². The van der Waals surface area contributed by atoms with Gasteiger partial charge in [-0.3, -0.25) is 19.8 Å². The van der Waals surface area contributed by atoms with E-state index in [4.69, 9.17) is 4.74 Å². The molecule has 1 aliphatic heterocycles. The molecular formula is C22H26N2O4. The molecular weight excluding hydrogens is 356 g/mol. The number of ether oxygens (including phenoxy) is 1. The molecule has 28 heavy (non-hydrogen) atoms. The van der Waals surface area contributed by atoms with Gasteiger partial charge >= 0.3 is 5.97 Å². The lowest BCUT2D eigenvalue weighted by Gasteiger charge is -2.35. The molecule has 0 N–H and O–H groups in total. The Morgan fingerprint density at radius 3 is 2.43 bits per heavy atom. The fourth-order valence-electron chi connectivity index (χ4n) is 4.05. The smallest absolute Gasteiger partial charge is 0.309 e. The predicted molar refractivity (Wildman–Crippen MR) is 107 cm³/mol. The Morgan fingerprint density at radius 2 is 1.79 bits per heavy atom. The van der Waals surface area contributed by atoms with Crippen molar-refractivity contribution in [2.24, 2.45) is 11.8 Å². The van der Waals surface area contributed by atoms with Crippen LogP contribution >= 0.6 is 0 Å². The van der Waals surface area contributed by atoms with E-state index in [-0.39, 0.29) is 28.4 Å². The molecule has 1 aliphatic rings. The van der Waals surface area contributed by atoms with Gasteiger partial charge in [0.2, 0.25) is 0 Å². The average Bonchev–Trinajstić information content (AvgIpc) is 2.73. The van der Waals surface area contributed by atoms with Crippen LogP contribution in [-0.2, 0) is 22.5 Å². The molecule has 1 heterocycles. The van der Waals surface area contributed by atoms with E-state index in [2.05, 4.69) is 17.0 Å². The largest absolute Gasteiger partial charge is 0.469 e. The lowest BCUT2D eigenvalue weighted by Crippen LogP contribution is -2.38. The monoisotopic (exact) mass is 382 g/mol. The number of esters is 1. The predicted octanol–water partition coefficient (Wildman–Crippen LogP) is 3.84. The summed E-state index contributed by atoms with van der Waals surface area (Å²) in [6.07, 6.45) is 2.10. The van der Waals surface area contributed by atoms with Gasteiger partial charge < -0.3 is 4.74 Å². The van der Waals surface area contributed by atoms with Crippen LogP contribution in [0.3, 0.4) is 0 Å². The van der Waals surface area contributed by atoms with Crippen molar-refractivity contribution in [3.05, 3.63) is 75.8 Å². The minimum Gasteiger partial charge on any atom is -0.469 e. The number of likely N-dealkylation sites (tertiary alicyclic amines) is 1. The van der Waals surface area contributed by atoms with Crippen molar-refractivity contribution < 1.29 is 14.5 Å². The van der Waals surface area contributed by atoms with E-state index >= 15 is 0 Å². The first-order chi connectivity index (χ1) is 13.6. The van der Waals surface area contributed by atoms with E-state index in [1.165, 1.54) is 18.7 Å². The number of piperidine rings is 1. The number of carbonyl (C=O) groups excluding carboxylic acids is 1. The maximum atomic E-state index is 12.5. The molecule has 1 saturated heterocycles. The molecule has 148 valence electrons. The zero-order valence-electron chi connectivity index (χ0n) is 16.1. The maximum absolute atomic E-state index is 12.5. The first-order valence-electron chi connectivity index (χ1n) is 9.65. The summed E-state index contributed by atoms with van der Waals surface area (Å²) in [7, 11) is 1.39. The van der Waals surface area contributed by atoms with Gasteiger partial charge in [-0.15, -0.1) is 0 Å². The van der Waals surface area contributed by atoms with Gasteiger partial charge in [-0.25, -0.2) is 0 Å². The Kier molecular flexibility index (Phi) is 6.76. The second-order valence-corrected chi connectivity index (χ2v) is 7.32. The van der Waals surface area contributed by atoms with E-state index in [0.29, 0.717) is 12.0 Å². The third kappa shape index (κ3) is 4.95. The molecule has 0 aliphatic carbocycles. The fourth-order valence-corrected chi connectivity index (χ4v) is 4.05. The van der Waals surface area contributed by atoms with Crippen molar-refractivity contribution >= 4 is 11.7 Å². The van der Waals surface area contributed by atoms with Crippen LogP contribution in [0.25, 0.3) is 0 Å². The summed E-state index contributed by atoms with van der Waals surface area (Å²) in [5, 5.41) is 11.3. The minimum atomic E-state index is -0.383. The summed E-state index contributed by atoms with van der Waals surface area (Å²) in [6.45, 7) is 2.72. The number of hydrogen-bond donors (Lipinski definition) is 0. The normalized spacial score (nSPS) is 16.5. The Balaban J connectivity index is 1.67. The SMILES string of the molecule is COC(=O)C(Cc1ccccc1[N+](=O)[O-])C1CCN(Cc2ccccc2)CC1. The van der Waals surface area contributed by atoms with Gasteiger partial charge in [0.15, 0.2) is 0 Å². The summed E-state index contributed by atoms with van der Waals surface area (Å²) in [5.41, 5.74) is 1.94. The van der Waals surface area contributed by atoms with Crippen LogP contribution in [0.2, 0.25) is 0 Å². The van der Waals surface area contributed by atoms with E-state index in [0.717, 1.165) is 32.5 Å². The van der Waals surface area contributed by atoms with Crippen molar-refractivity contribution in [2.45, 2.75) is 25.8 Å². The number of nitro groups is 1. The van der Waals surface area contributed by atoms with E-state index in [1.807, 2.05) is 18.2 Å². The molecule has 3 rings (SSSR count). The fraction of sp³-hybridized carbons (Fsp3) is 0.409. The average molecular weight is 382 g/mol. The minimum absolute atomic E-state index is 0.0675. The van der Waals surface area contributed by atoms with Crippen molar-refractivity contribution in [1.29, 1.82) is 0 Å². The summed E-state index contributed by atoms with van der Waals surface area (Å²) < 4.78 is 5.04. The van der Waals surface area contributed by atoms with Crippen LogP contribution < -0.4 is 0 Å². The molecule has 2 aromatic carbocycles. The van der Waals surface area contributed by atoms with E-state index < -0.39 is 0 Å². The van der Waals surface area contributed by atoms with E-state index in [1.54, 1.807) is 18.2 Å². The lowest BCUT2D eigenvalue weighted by atomic mass is 9.80. The van der Waals surface area contributed by atoms with E-state index in [9.17, 15) is 14.9 Å². The molecule has 2 aromatic rings. The first-order valence-corrected chi connectivity index (χ1v) is 9.65. The van der Waals surface area contributed by atoms with Gasteiger partial charge in [0.05, 0.1) is 18.0 Å². The highest BCUT2D eigenvalue weighted by Crippen LogP contribution is 2.31. The molecule has 1 atom stereocenters. The Morgan fingerprint density at radius 1 is 1.14 bits per heavy atom. The van der Waals surface area contributed by atoms with Gasteiger partial charge in [0.1, 0.15) is 0 Å². The van der Waals surface area contributed by atoms with Gasteiger partial charge in [0, 0.05) is 18.2 Å². The summed E-state index contributed by atoms with van der Waals surface area (Å²) >= 11 is 0. The molecule has 6 heteroatoms. The molecule has 1 fully saturated rings. The molecule has 6 nitrogen and oxygen atoms in total.